The van der Waals surface area contributed by atoms with E-state index < -0.39 is 11.8 Å². The van der Waals surface area contributed by atoms with Gasteiger partial charge in [0.05, 0.1) is 12.7 Å². The number of esters is 1. The van der Waals surface area contributed by atoms with Crippen LogP contribution in [0, 0.1) is 0 Å². The zero-order chi connectivity index (χ0) is 13.3. The number of rotatable bonds is 3. The highest BCUT2D eigenvalue weighted by atomic mass is 16.5. The van der Waals surface area contributed by atoms with E-state index in [9.17, 15) is 9.59 Å². The molecule has 0 aliphatic rings. The van der Waals surface area contributed by atoms with Gasteiger partial charge in [-0.25, -0.2) is 4.79 Å². The first-order valence-corrected chi connectivity index (χ1v) is 5.78. The first-order valence-electron chi connectivity index (χ1n) is 5.78. The number of aromatic nitrogens is 1. The molecule has 1 aromatic heterocycles. The molecule has 2 aromatic rings. The van der Waals surface area contributed by atoms with Gasteiger partial charge in [0.15, 0.2) is 0 Å². The van der Waals surface area contributed by atoms with E-state index in [0.717, 1.165) is 16.5 Å². The highest BCUT2D eigenvalue weighted by Crippen LogP contribution is 2.24. The molecular formula is C14H15NO3. The molecule has 0 saturated heterocycles. The molecule has 0 atom stereocenters. The second-order valence-electron chi connectivity index (χ2n) is 4.48. The van der Waals surface area contributed by atoms with Gasteiger partial charge in [0, 0.05) is 17.1 Å². The van der Waals surface area contributed by atoms with Crippen LogP contribution in [0.15, 0.2) is 24.4 Å². The lowest BCUT2D eigenvalue weighted by Gasteiger charge is -2.05. The highest BCUT2D eigenvalue weighted by molar-refractivity contribution is 6.42. The molecule has 4 nitrogen and oxygen atoms in total. The van der Waals surface area contributed by atoms with Crippen molar-refractivity contribution in [3.05, 3.63) is 35.5 Å². The molecule has 2 rings (SSSR count). The minimum Gasteiger partial charge on any atom is -0.463 e. The molecule has 0 unspecified atom stereocenters. The Balaban J connectivity index is 2.55. The van der Waals surface area contributed by atoms with Gasteiger partial charge < -0.3 is 9.72 Å². The predicted molar refractivity (Wildman–Crippen MR) is 68.7 cm³/mol. The Morgan fingerprint density at radius 1 is 1.28 bits per heavy atom. The van der Waals surface area contributed by atoms with Crippen molar-refractivity contribution in [2.75, 3.05) is 7.11 Å². The molecule has 0 spiro atoms. The zero-order valence-electron chi connectivity index (χ0n) is 10.6. The Kier molecular flexibility index (Phi) is 3.19. The quantitative estimate of drug-likeness (QED) is 0.513. The van der Waals surface area contributed by atoms with Crippen LogP contribution >= 0.6 is 0 Å². The van der Waals surface area contributed by atoms with Crippen LogP contribution in [0.5, 0.6) is 0 Å². The summed E-state index contributed by atoms with van der Waals surface area (Å²) >= 11 is 0. The van der Waals surface area contributed by atoms with E-state index in [1.54, 1.807) is 6.20 Å². The summed E-state index contributed by atoms with van der Waals surface area (Å²) in [5.41, 5.74) is 2.33. The van der Waals surface area contributed by atoms with Crippen molar-refractivity contribution in [2.24, 2.45) is 0 Å². The van der Waals surface area contributed by atoms with Crippen molar-refractivity contribution in [1.82, 2.24) is 4.98 Å². The summed E-state index contributed by atoms with van der Waals surface area (Å²) in [4.78, 5) is 26.1. The Labute approximate surface area is 105 Å². The van der Waals surface area contributed by atoms with Crippen LogP contribution in [0.25, 0.3) is 10.9 Å². The fourth-order valence-electron chi connectivity index (χ4n) is 1.89. The molecule has 0 radical (unpaired) electrons. The first-order chi connectivity index (χ1) is 8.54. The van der Waals surface area contributed by atoms with Crippen LogP contribution in [0.2, 0.25) is 0 Å². The van der Waals surface area contributed by atoms with E-state index in [4.69, 9.17) is 0 Å². The molecule has 0 aliphatic carbocycles. The lowest BCUT2D eigenvalue weighted by molar-refractivity contribution is -0.135. The van der Waals surface area contributed by atoms with Crippen LogP contribution in [-0.4, -0.2) is 23.8 Å². The molecule has 4 heteroatoms. The van der Waals surface area contributed by atoms with E-state index in [1.807, 2.05) is 18.2 Å². The number of Topliss-reactive ketones (excluding diaryl/α,β-unsaturated/α-hetero) is 1. The molecule has 1 N–H and O–H groups in total. The van der Waals surface area contributed by atoms with Gasteiger partial charge in [-0.05, 0) is 23.6 Å². The summed E-state index contributed by atoms with van der Waals surface area (Å²) in [6.45, 7) is 4.16. The van der Waals surface area contributed by atoms with E-state index in [0.29, 0.717) is 11.5 Å². The van der Waals surface area contributed by atoms with Crippen molar-refractivity contribution in [1.29, 1.82) is 0 Å². The minimum atomic E-state index is -0.842. The number of carbonyl (C=O) groups is 2. The van der Waals surface area contributed by atoms with Gasteiger partial charge >= 0.3 is 5.97 Å². The number of methoxy groups -OCH3 is 1. The summed E-state index contributed by atoms with van der Waals surface area (Å²) in [6, 6.07) is 5.86. The number of benzene rings is 1. The fraction of sp³-hybridized carbons (Fsp3) is 0.286. The van der Waals surface area contributed by atoms with Gasteiger partial charge in [-0.2, -0.15) is 0 Å². The van der Waals surface area contributed by atoms with Crippen LogP contribution in [0.1, 0.15) is 35.7 Å². The van der Waals surface area contributed by atoms with Crippen LogP contribution in [-0.2, 0) is 9.53 Å². The molecule has 94 valence electrons. The second kappa shape index (κ2) is 4.64. The predicted octanol–water partition coefficient (Wildman–Crippen LogP) is 2.65. The van der Waals surface area contributed by atoms with Gasteiger partial charge in [0.2, 0.25) is 0 Å². The number of H-pyrrole nitrogens is 1. The number of ketones is 1. The third kappa shape index (κ3) is 2.01. The number of ether oxygens (including phenoxy) is 1. The molecule has 0 bridgehead atoms. The fourth-order valence-corrected chi connectivity index (χ4v) is 1.89. The lowest BCUT2D eigenvalue weighted by atomic mass is 9.99. The SMILES string of the molecule is COC(=O)C(=O)c1c[nH]c2ccc(C(C)C)cc12. The molecule has 18 heavy (non-hydrogen) atoms. The Morgan fingerprint density at radius 2 is 2.00 bits per heavy atom. The van der Waals surface area contributed by atoms with E-state index in [-0.39, 0.29) is 0 Å². The number of hydrogen-bond donors (Lipinski definition) is 1. The molecular weight excluding hydrogens is 230 g/mol. The molecule has 0 aliphatic heterocycles. The standard InChI is InChI=1S/C14H15NO3/c1-8(2)9-4-5-12-10(6-9)11(7-15-12)13(16)14(17)18-3/h4-8,15H,1-3H3. The molecule has 0 saturated carbocycles. The zero-order valence-corrected chi connectivity index (χ0v) is 10.6. The third-order valence-corrected chi connectivity index (χ3v) is 2.99. The van der Waals surface area contributed by atoms with Crippen LogP contribution < -0.4 is 0 Å². The highest BCUT2D eigenvalue weighted by Gasteiger charge is 2.20. The largest absolute Gasteiger partial charge is 0.463 e. The maximum atomic E-state index is 11.8. The average Bonchev–Trinajstić information content (AvgIpc) is 2.79. The van der Waals surface area contributed by atoms with E-state index in [1.165, 1.54) is 7.11 Å². The van der Waals surface area contributed by atoms with E-state index >= 15 is 0 Å². The smallest absolute Gasteiger partial charge is 0.379 e. The van der Waals surface area contributed by atoms with Crippen LogP contribution in [0.4, 0.5) is 0 Å². The van der Waals surface area contributed by atoms with Crippen molar-refractivity contribution in [3.8, 4) is 0 Å². The van der Waals surface area contributed by atoms with Gasteiger partial charge in [0.1, 0.15) is 0 Å². The number of nitrogens with one attached hydrogen (secondary N) is 1. The van der Waals surface area contributed by atoms with Crippen molar-refractivity contribution >= 4 is 22.7 Å². The average molecular weight is 245 g/mol. The number of aromatic amines is 1. The van der Waals surface area contributed by atoms with Gasteiger partial charge in [0.25, 0.3) is 5.78 Å². The van der Waals surface area contributed by atoms with E-state index in [2.05, 4.69) is 23.6 Å². The third-order valence-electron chi connectivity index (χ3n) is 2.99. The Morgan fingerprint density at radius 3 is 2.61 bits per heavy atom. The topological polar surface area (TPSA) is 59.2 Å². The van der Waals surface area contributed by atoms with Crippen molar-refractivity contribution < 1.29 is 14.3 Å². The Bertz CT molecular complexity index is 611. The number of fused-ring (bicyclic) bond motifs is 1. The van der Waals surface area contributed by atoms with Crippen molar-refractivity contribution in [2.45, 2.75) is 19.8 Å². The summed E-state index contributed by atoms with van der Waals surface area (Å²) in [6.07, 6.45) is 1.55. The second-order valence-corrected chi connectivity index (χ2v) is 4.48. The Hall–Kier alpha value is -2.10. The maximum Gasteiger partial charge on any atom is 0.379 e. The molecule has 1 aromatic carbocycles. The normalized spacial score (nSPS) is 10.9. The number of carbonyl (C=O) groups excluding carboxylic acids is 2. The van der Waals surface area contributed by atoms with Gasteiger partial charge in [-0.15, -0.1) is 0 Å². The summed E-state index contributed by atoms with van der Waals surface area (Å²) in [5.74, 6) is -1.10. The maximum absolute atomic E-state index is 11.8. The molecule has 1 heterocycles. The van der Waals surface area contributed by atoms with Gasteiger partial charge in [-0.3, -0.25) is 4.79 Å². The molecule has 0 amide bonds. The van der Waals surface area contributed by atoms with Gasteiger partial charge in [-0.1, -0.05) is 19.9 Å². The molecule has 0 fully saturated rings. The number of hydrogen-bond acceptors (Lipinski definition) is 3. The van der Waals surface area contributed by atoms with Crippen LogP contribution in [0.3, 0.4) is 0 Å². The summed E-state index contributed by atoms with van der Waals surface area (Å²) in [5, 5.41) is 0.761. The minimum absolute atomic E-state index is 0.361. The summed E-state index contributed by atoms with van der Waals surface area (Å²) < 4.78 is 4.46. The summed E-state index contributed by atoms with van der Waals surface area (Å²) in [7, 11) is 1.20. The van der Waals surface area contributed by atoms with Crippen molar-refractivity contribution in [3.63, 3.8) is 0 Å². The lowest BCUT2D eigenvalue weighted by Crippen LogP contribution is -2.15. The first kappa shape index (κ1) is 12.4. The monoisotopic (exact) mass is 245 g/mol.